The summed E-state index contributed by atoms with van der Waals surface area (Å²) in [6.45, 7) is 0.383. The van der Waals surface area contributed by atoms with Crippen molar-refractivity contribution in [2.24, 2.45) is 0 Å². The zero-order valence-corrected chi connectivity index (χ0v) is 12.5. The summed E-state index contributed by atoms with van der Waals surface area (Å²) in [7, 11) is 1.77. The number of benzene rings is 1. The molecule has 23 heavy (non-hydrogen) atoms. The van der Waals surface area contributed by atoms with Gasteiger partial charge in [-0.25, -0.2) is 4.98 Å². The Morgan fingerprint density at radius 2 is 2.22 bits per heavy atom. The number of hydrogen-bond donors (Lipinski definition) is 3. The van der Waals surface area contributed by atoms with E-state index in [2.05, 4.69) is 25.6 Å². The number of rotatable bonds is 2. The number of aromatic amines is 1. The molecule has 4 rings (SSSR count). The molecule has 0 aliphatic carbocycles. The van der Waals surface area contributed by atoms with Gasteiger partial charge in [0.2, 0.25) is 5.95 Å². The second-order valence-corrected chi connectivity index (χ2v) is 5.26. The van der Waals surface area contributed by atoms with Crippen LogP contribution in [0.4, 0.5) is 5.95 Å². The van der Waals surface area contributed by atoms with Gasteiger partial charge in [-0.2, -0.15) is 4.98 Å². The van der Waals surface area contributed by atoms with Crippen molar-refractivity contribution in [1.29, 1.82) is 0 Å². The van der Waals surface area contributed by atoms with Crippen LogP contribution < -0.4 is 15.4 Å². The SMILES string of the molecule is CNc1ncc2c(C3CNC(=O)c4ccccc4O3)c[nH]c2n1. The summed E-state index contributed by atoms with van der Waals surface area (Å²) in [5, 5.41) is 6.68. The lowest BCUT2D eigenvalue weighted by Crippen LogP contribution is -2.26. The fourth-order valence-corrected chi connectivity index (χ4v) is 2.72. The number of carbonyl (C=O) groups excluding carboxylic acids is 1. The van der Waals surface area contributed by atoms with Crippen LogP contribution in [0.15, 0.2) is 36.7 Å². The van der Waals surface area contributed by atoms with Crippen molar-refractivity contribution in [1.82, 2.24) is 20.3 Å². The van der Waals surface area contributed by atoms with Gasteiger partial charge >= 0.3 is 0 Å². The quantitative estimate of drug-likeness (QED) is 0.672. The number of aromatic nitrogens is 3. The molecule has 3 aromatic rings. The highest BCUT2D eigenvalue weighted by Crippen LogP contribution is 2.31. The minimum absolute atomic E-state index is 0.128. The fourth-order valence-electron chi connectivity index (χ4n) is 2.72. The zero-order valence-electron chi connectivity index (χ0n) is 12.5. The van der Waals surface area contributed by atoms with Gasteiger partial charge in [-0.3, -0.25) is 4.79 Å². The lowest BCUT2D eigenvalue weighted by molar-refractivity contribution is 0.0951. The van der Waals surface area contributed by atoms with Crippen molar-refractivity contribution in [2.75, 3.05) is 18.9 Å². The summed E-state index contributed by atoms with van der Waals surface area (Å²) in [6.07, 6.45) is 3.30. The molecule has 3 N–H and O–H groups in total. The first-order valence-corrected chi connectivity index (χ1v) is 7.32. The highest BCUT2D eigenvalue weighted by atomic mass is 16.5. The second-order valence-electron chi connectivity index (χ2n) is 5.26. The first-order valence-electron chi connectivity index (χ1n) is 7.32. The summed E-state index contributed by atoms with van der Waals surface area (Å²) in [6, 6.07) is 7.23. The fraction of sp³-hybridized carbons (Fsp3) is 0.188. The average Bonchev–Trinajstić information content (AvgIpc) is 2.93. The van der Waals surface area contributed by atoms with Gasteiger partial charge in [0.15, 0.2) is 0 Å². The largest absolute Gasteiger partial charge is 0.483 e. The molecule has 1 atom stereocenters. The minimum Gasteiger partial charge on any atom is -0.483 e. The van der Waals surface area contributed by atoms with Crippen LogP contribution in [-0.4, -0.2) is 34.5 Å². The molecule has 2 aromatic heterocycles. The molecule has 1 aliphatic heterocycles. The van der Waals surface area contributed by atoms with E-state index >= 15 is 0 Å². The lowest BCUT2D eigenvalue weighted by atomic mass is 10.1. The van der Waals surface area contributed by atoms with E-state index in [9.17, 15) is 4.79 Å². The lowest BCUT2D eigenvalue weighted by Gasteiger charge is -2.16. The van der Waals surface area contributed by atoms with Crippen LogP contribution in [0.3, 0.4) is 0 Å². The normalized spacial score (nSPS) is 17.1. The Morgan fingerprint density at radius 1 is 1.35 bits per heavy atom. The number of para-hydroxylation sites is 1. The standard InChI is InChI=1S/C16H15N5O2/c1-17-16-20-7-11-10(6-18-14(11)21-16)13-8-19-15(22)9-4-2-3-5-12(9)23-13/h2-7,13H,8H2,1H3,(H,19,22)(H2,17,18,20,21). The average molecular weight is 309 g/mol. The Hall–Kier alpha value is -3.09. The van der Waals surface area contributed by atoms with Crippen LogP contribution in [0.25, 0.3) is 11.0 Å². The van der Waals surface area contributed by atoms with E-state index in [4.69, 9.17) is 4.74 Å². The second kappa shape index (κ2) is 5.28. The Labute approximate surface area is 132 Å². The van der Waals surface area contributed by atoms with Crippen LogP contribution in [0, 0.1) is 0 Å². The summed E-state index contributed by atoms with van der Waals surface area (Å²) in [5.74, 6) is 0.998. The van der Waals surface area contributed by atoms with Gasteiger partial charge < -0.3 is 20.4 Å². The monoisotopic (exact) mass is 309 g/mol. The Bertz CT molecular complexity index is 889. The van der Waals surface area contributed by atoms with E-state index in [0.717, 1.165) is 16.6 Å². The van der Waals surface area contributed by atoms with Crippen LogP contribution in [0.5, 0.6) is 5.75 Å². The van der Waals surface area contributed by atoms with E-state index in [1.165, 1.54) is 0 Å². The highest BCUT2D eigenvalue weighted by Gasteiger charge is 2.25. The molecule has 1 unspecified atom stereocenters. The summed E-state index contributed by atoms with van der Waals surface area (Å²) >= 11 is 0. The van der Waals surface area contributed by atoms with Gasteiger partial charge in [-0.1, -0.05) is 12.1 Å². The van der Waals surface area contributed by atoms with Crippen molar-refractivity contribution < 1.29 is 9.53 Å². The van der Waals surface area contributed by atoms with Crippen molar-refractivity contribution in [3.05, 3.63) is 47.8 Å². The molecule has 0 bridgehead atoms. The number of nitrogens with one attached hydrogen (secondary N) is 3. The van der Waals surface area contributed by atoms with E-state index in [1.54, 1.807) is 25.4 Å². The van der Waals surface area contributed by atoms with Crippen molar-refractivity contribution >= 4 is 22.9 Å². The van der Waals surface area contributed by atoms with Gasteiger partial charge in [0, 0.05) is 30.4 Å². The third-order valence-corrected chi connectivity index (χ3v) is 3.88. The van der Waals surface area contributed by atoms with Gasteiger partial charge in [-0.05, 0) is 12.1 Å². The number of carbonyl (C=O) groups is 1. The van der Waals surface area contributed by atoms with Crippen LogP contribution in [0.2, 0.25) is 0 Å². The van der Waals surface area contributed by atoms with E-state index < -0.39 is 0 Å². The van der Waals surface area contributed by atoms with Gasteiger partial charge in [-0.15, -0.1) is 0 Å². The van der Waals surface area contributed by atoms with E-state index in [1.807, 2.05) is 18.3 Å². The Morgan fingerprint density at radius 3 is 3.09 bits per heavy atom. The maximum atomic E-state index is 12.1. The van der Waals surface area contributed by atoms with Gasteiger partial charge in [0.05, 0.1) is 12.1 Å². The summed E-state index contributed by atoms with van der Waals surface area (Å²) < 4.78 is 6.06. The summed E-state index contributed by atoms with van der Waals surface area (Å²) in [4.78, 5) is 23.9. The number of anilines is 1. The Kier molecular flexibility index (Phi) is 3.11. The van der Waals surface area contributed by atoms with Crippen LogP contribution in [0.1, 0.15) is 22.0 Å². The molecule has 0 fully saturated rings. The molecule has 116 valence electrons. The maximum Gasteiger partial charge on any atom is 0.255 e. The van der Waals surface area contributed by atoms with E-state index in [-0.39, 0.29) is 12.0 Å². The number of amides is 1. The molecule has 0 spiro atoms. The molecular formula is C16H15N5O2. The number of hydrogen-bond acceptors (Lipinski definition) is 5. The molecule has 0 saturated carbocycles. The first kappa shape index (κ1) is 13.6. The van der Waals surface area contributed by atoms with Crippen molar-refractivity contribution in [3.63, 3.8) is 0 Å². The van der Waals surface area contributed by atoms with Crippen molar-refractivity contribution in [2.45, 2.75) is 6.10 Å². The zero-order chi connectivity index (χ0) is 15.8. The van der Waals surface area contributed by atoms with Gasteiger partial charge in [0.1, 0.15) is 17.5 Å². The molecule has 0 saturated heterocycles. The highest BCUT2D eigenvalue weighted by molar-refractivity contribution is 5.97. The van der Waals surface area contributed by atoms with E-state index in [0.29, 0.717) is 23.8 Å². The molecule has 1 amide bonds. The molecular weight excluding hydrogens is 294 g/mol. The number of fused-ring (bicyclic) bond motifs is 2. The topological polar surface area (TPSA) is 91.9 Å². The predicted octanol–water partition coefficient (Wildman–Crippen LogP) is 1.86. The molecule has 0 radical (unpaired) electrons. The van der Waals surface area contributed by atoms with Crippen LogP contribution >= 0.6 is 0 Å². The smallest absolute Gasteiger partial charge is 0.255 e. The predicted molar refractivity (Wildman–Crippen MR) is 85.6 cm³/mol. The summed E-state index contributed by atoms with van der Waals surface area (Å²) in [5.41, 5.74) is 2.19. The first-order chi connectivity index (χ1) is 11.3. The molecule has 1 aliphatic rings. The Balaban J connectivity index is 1.75. The van der Waals surface area contributed by atoms with Gasteiger partial charge in [0.25, 0.3) is 5.91 Å². The molecule has 1 aromatic carbocycles. The molecule has 7 heteroatoms. The van der Waals surface area contributed by atoms with Crippen molar-refractivity contribution in [3.8, 4) is 5.75 Å². The number of ether oxygens (including phenoxy) is 1. The third kappa shape index (κ3) is 2.26. The number of nitrogens with zero attached hydrogens (tertiary/aromatic N) is 2. The molecule has 3 heterocycles. The van der Waals surface area contributed by atoms with Crippen LogP contribution in [-0.2, 0) is 0 Å². The minimum atomic E-state index is -0.305. The third-order valence-electron chi connectivity index (χ3n) is 3.88. The number of H-pyrrole nitrogens is 1. The molecule has 7 nitrogen and oxygen atoms in total. The maximum absolute atomic E-state index is 12.1.